The third-order valence-corrected chi connectivity index (χ3v) is 3.63. The molecule has 0 unspecified atom stereocenters. The van der Waals surface area contributed by atoms with Crippen molar-refractivity contribution in [3.05, 3.63) is 35.4 Å². The van der Waals surface area contributed by atoms with Crippen LogP contribution in [-0.4, -0.2) is 29.6 Å². The molecule has 1 aliphatic carbocycles. The number of carbonyl (C=O) groups excluding carboxylic acids is 1. The Morgan fingerprint density at radius 3 is 2.70 bits per heavy atom. The Balaban J connectivity index is 2.15. The lowest BCUT2D eigenvalue weighted by Gasteiger charge is -2.11. The average molecular weight is 314 g/mol. The van der Waals surface area contributed by atoms with Gasteiger partial charge >= 0.3 is 5.97 Å². The molecule has 1 aromatic rings. The fourth-order valence-corrected chi connectivity index (χ4v) is 2.51. The van der Waals surface area contributed by atoms with E-state index >= 15 is 0 Å². The molecule has 1 aliphatic rings. The molecule has 2 rings (SSSR count). The summed E-state index contributed by atoms with van der Waals surface area (Å²) in [6.07, 6.45) is 5.46. The van der Waals surface area contributed by atoms with E-state index in [1.807, 2.05) is 6.07 Å². The first-order valence-electron chi connectivity index (χ1n) is 7.46. The summed E-state index contributed by atoms with van der Waals surface area (Å²) < 4.78 is 5.17. The quantitative estimate of drug-likeness (QED) is 0.619. The number of para-hydroxylation sites is 1. The highest BCUT2D eigenvalue weighted by Crippen LogP contribution is 2.22. The fourth-order valence-electron chi connectivity index (χ4n) is 2.51. The fraction of sp³-hybridized carbons (Fsp3) is 0.353. The van der Waals surface area contributed by atoms with Crippen molar-refractivity contribution in [3.63, 3.8) is 0 Å². The van der Waals surface area contributed by atoms with Gasteiger partial charge in [0.25, 0.3) is 5.91 Å². The van der Waals surface area contributed by atoms with Gasteiger partial charge in [-0.3, -0.25) is 4.79 Å². The van der Waals surface area contributed by atoms with Gasteiger partial charge < -0.3 is 15.2 Å². The van der Waals surface area contributed by atoms with Crippen LogP contribution in [0.3, 0.4) is 0 Å². The molecule has 6 heteroatoms. The standard InChI is InChI=1S/C17H18N2O4/c18-10-13(17(22)19-14-6-2-3-7-14)9-12-5-1-4-8-15(12)23-11-16(20)21/h1,4-5,8-9,14H,2-3,6-7,11H2,(H,19,22)(H,20,21)/b13-9-. The van der Waals surface area contributed by atoms with Crippen LogP contribution >= 0.6 is 0 Å². The number of ether oxygens (including phenoxy) is 1. The van der Waals surface area contributed by atoms with Gasteiger partial charge in [-0.05, 0) is 25.0 Å². The molecule has 1 saturated carbocycles. The summed E-state index contributed by atoms with van der Waals surface area (Å²) in [4.78, 5) is 22.8. The number of aliphatic carboxylic acids is 1. The Hall–Kier alpha value is -2.81. The lowest BCUT2D eigenvalue weighted by Crippen LogP contribution is -2.33. The first-order valence-corrected chi connectivity index (χ1v) is 7.46. The number of nitrogens with one attached hydrogen (secondary N) is 1. The lowest BCUT2D eigenvalue weighted by molar-refractivity contribution is -0.139. The Morgan fingerprint density at radius 2 is 2.04 bits per heavy atom. The molecule has 0 atom stereocenters. The highest BCUT2D eigenvalue weighted by atomic mass is 16.5. The maximum Gasteiger partial charge on any atom is 0.341 e. The van der Waals surface area contributed by atoms with Gasteiger partial charge in [0.05, 0.1) is 0 Å². The van der Waals surface area contributed by atoms with E-state index in [0.717, 1.165) is 25.7 Å². The minimum atomic E-state index is -1.09. The zero-order valence-corrected chi connectivity index (χ0v) is 12.6. The minimum Gasteiger partial charge on any atom is -0.481 e. The van der Waals surface area contributed by atoms with Gasteiger partial charge in [-0.15, -0.1) is 0 Å². The molecule has 0 bridgehead atoms. The number of nitrogens with zero attached hydrogens (tertiary/aromatic N) is 1. The van der Waals surface area contributed by atoms with Crippen molar-refractivity contribution in [3.8, 4) is 11.8 Å². The second-order valence-electron chi connectivity index (χ2n) is 5.34. The predicted octanol–water partition coefficient (Wildman–Crippen LogP) is 2.12. The molecule has 6 nitrogen and oxygen atoms in total. The van der Waals surface area contributed by atoms with Crippen molar-refractivity contribution in [2.75, 3.05) is 6.61 Å². The molecule has 1 aromatic carbocycles. The van der Waals surface area contributed by atoms with Crippen LogP contribution in [0.25, 0.3) is 6.08 Å². The second kappa shape index (κ2) is 7.99. The van der Waals surface area contributed by atoms with Crippen molar-refractivity contribution in [1.29, 1.82) is 5.26 Å². The first-order chi connectivity index (χ1) is 11.1. The molecule has 0 aromatic heterocycles. The summed E-state index contributed by atoms with van der Waals surface area (Å²) >= 11 is 0. The van der Waals surface area contributed by atoms with E-state index in [4.69, 9.17) is 9.84 Å². The van der Waals surface area contributed by atoms with Crippen LogP contribution in [0.15, 0.2) is 29.8 Å². The molecule has 120 valence electrons. The number of amides is 1. The third-order valence-electron chi connectivity index (χ3n) is 3.63. The number of carbonyl (C=O) groups is 2. The Kier molecular flexibility index (Phi) is 5.75. The molecule has 0 radical (unpaired) electrons. The van der Waals surface area contributed by atoms with Gasteiger partial charge in [0.2, 0.25) is 0 Å². The van der Waals surface area contributed by atoms with Gasteiger partial charge in [-0.25, -0.2) is 4.79 Å². The smallest absolute Gasteiger partial charge is 0.341 e. The summed E-state index contributed by atoms with van der Waals surface area (Å²) in [7, 11) is 0. The number of carboxylic acid groups (broad SMARTS) is 1. The molecule has 1 amide bonds. The van der Waals surface area contributed by atoms with E-state index in [-0.39, 0.29) is 11.6 Å². The predicted molar refractivity (Wildman–Crippen MR) is 83.6 cm³/mol. The molecule has 2 N–H and O–H groups in total. The van der Waals surface area contributed by atoms with Crippen LogP contribution in [0.5, 0.6) is 5.75 Å². The molecule has 0 saturated heterocycles. The maximum absolute atomic E-state index is 12.2. The Bertz CT molecular complexity index is 655. The van der Waals surface area contributed by atoms with Gasteiger partial charge in [0.15, 0.2) is 6.61 Å². The highest BCUT2D eigenvalue weighted by Gasteiger charge is 2.19. The summed E-state index contributed by atoms with van der Waals surface area (Å²) in [5.74, 6) is -1.19. The summed E-state index contributed by atoms with van der Waals surface area (Å²) in [6.45, 7) is -0.485. The average Bonchev–Trinajstić information content (AvgIpc) is 3.04. The number of hydrogen-bond acceptors (Lipinski definition) is 4. The van der Waals surface area contributed by atoms with E-state index in [9.17, 15) is 14.9 Å². The zero-order valence-electron chi connectivity index (χ0n) is 12.6. The van der Waals surface area contributed by atoms with Crippen molar-refractivity contribution >= 4 is 18.0 Å². The number of rotatable bonds is 6. The van der Waals surface area contributed by atoms with Crippen LogP contribution in [-0.2, 0) is 9.59 Å². The zero-order chi connectivity index (χ0) is 16.7. The first kappa shape index (κ1) is 16.6. The third kappa shape index (κ3) is 4.85. The van der Waals surface area contributed by atoms with Gasteiger partial charge in [-0.2, -0.15) is 5.26 Å². The number of nitriles is 1. The van der Waals surface area contributed by atoms with E-state index in [1.54, 1.807) is 24.3 Å². The summed E-state index contributed by atoms with van der Waals surface area (Å²) in [5, 5.41) is 20.8. The van der Waals surface area contributed by atoms with Crippen molar-refractivity contribution in [1.82, 2.24) is 5.32 Å². The Morgan fingerprint density at radius 1 is 1.35 bits per heavy atom. The molecule has 0 aliphatic heterocycles. The van der Waals surface area contributed by atoms with E-state index < -0.39 is 18.5 Å². The van der Waals surface area contributed by atoms with Gasteiger partial charge in [0, 0.05) is 11.6 Å². The molecular weight excluding hydrogens is 296 g/mol. The van der Waals surface area contributed by atoms with E-state index in [0.29, 0.717) is 11.3 Å². The normalized spacial score (nSPS) is 15.0. The number of hydrogen-bond donors (Lipinski definition) is 2. The van der Waals surface area contributed by atoms with Crippen molar-refractivity contribution < 1.29 is 19.4 Å². The van der Waals surface area contributed by atoms with Crippen molar-refractivity contribution in [2.45, 2.75) is 31.7 Å². The summed E-state index contributed by atoms with van der Waals surface area (Å²) in [6, 6.07) is 8.70. The van der Waals surface area contributed by atoms with E-state index in [2.05, 4.69) is 5.32 Å². The largest absolute Gasteiger partial charge is 0.481 e. The molecule has 0 heterocycles. The van der Waals surface area contributed by atoms with Crippen LogP contribution in [0.2, 0.25) is 0 Å². The highest BCUT2D eigenvalue weighted by molar-refractivity contribution is 6.02. The SMILES string of the molecule is N#C/C(=C/c1ccccc1OCC(=O)O)C(=O)NC1CCCC1. The lowest BCUT2D eigenvalue weighted by atomic mass is 10.1. The topological polar surface area (TPSA) is 99.4 Å². The van der Waals surface area contributed by atoms with E-state index in [1.165, 1.54) is 6.08 Å². The second-order valence-corrected chi connectivity index (χ2v) is 5.34. The minimum absolute atomic E-state index is 0.0247. The van der Waals surface area contributed by atoms with Crippen LogP contribution in [0, 0.1) is 11.3 Å². The van der Waals surface area contributed by atoms with Crippen LogP contribution < -0.4 is 10.1 Å². The maximum atomic E-state index is 12.2. The van der Waals surface area contributed by atoms with Gasteiger partial charge in [0.1, 0.15) is 17.4 Å². The van der Waals surface area contributed by atoms with Crippen LogP contribution in [0.1, 0.15) is 31.2 Å². The van der Waals surface area contributed by atoms with Gasteiger partial charge in [-0.1, -0.05) is 31.0 Å². The summed E-state index contributed by atoms with van der Waals surface area (Å²) in [5.41, 5.74) is 0.468. The molecule has 0 spiro atoms. The number of benzene rings is 1. The Labute approximate surface area is 134 Å². The molecule has 23 heavy (non-hydrogen) atoms. The van der Waals surface area contributed by atoms with Crippen LogP contribution in [0.4, 0.5) is 0 Å². The number of carboxylic acids is 1. The molecule has 1 fully saturated rings. The molecular formula is C17H18N2O4. The monoisotopic (exact) mass is 314 g/mol. The van der Waals surface area contributed by atoms with Crippen molar-refractivity contribution in [2.24, 2.45) is 0 Å².